The number of benzene rings is 2. The van der Waals surface area contributed by atoms with Crippen molar-refractivity contribution < 1.29 is 4.74 Å². The van der Waals surface area contributed by atoms with Crippen LogP contribution in [0.25, 0.3) is 5.69 Å². The van der Waals surface area contributed by atoms with Crippen molar-refractivity contribution in [2.45, 2.75) is 19.9 Å². The van der Waals surface area contributed by atoms with E-state index in [1.807, 2.05) is 59.3 Å². The van der Waals surface area contributed by atoms with Gasteiger partial charge in [-0.05, 0) is 42.8 Å². The van der Waals surface area contributed by atoms with E-state index >= 15 is 0 Å². The number of para-hydroxylation sites is 1. The molecule has 2 N–H and O–H groups in total. The highest BCUT2D eigenvalue weighted by molar-refractivity contribution is 5.40. The van der Waals surface area contributed by atoms with E-state index in [1.165, 1.54) is 0 Å². The van der Waals surface area contributed by atoms with Gasteiger partial charge in [-0.3, -0.25) is 0 Å². The lowest BCUT2D eigenvalue weighted by Crippen LogP contribution is -2.05. The van der Waals surface area contributed by atoms with Crippen molar-refractivity contribution in [3.05, 3.63) is 66.0 Å². The van der Waals surface area contributed by atoms with Crippen LogP contribution in [-0.4, -0.2) is 15.0 Å². The first-order valence-electron chi connectivity index (χ1n) is 7.28. The largest absolute Gasteiger partial charge is 0.457 e. The van der Waals surface area contributed by atoms with Crippen molar-refractivity contribution in [3.8, 4) is 17.2 Å². The van der Waals surface area contributed by atoms with Crippen molar-refractivity contribution in [2.24, 2.45) is 5.73 Å². The molecule has 0 bridgehead atoms. The van der Waals surface area contributed by atoms with Crippen molar-refractivity contribution >= 4 is 0 Å². The molecule has 0 fully saturated rings. The van der Waals surface area contributed by atoms with Crippen LogP contribution in [0.1, 0.15) is 18.3 Å². The molecule has 0 unspecified atom stereocenters. The van der Waals surface area contributed by atoms with Crippen LogP contribution >= 0.6 is 0 Å². The molecule has 0 aliphatic heterocycles. The molecule has 5 nitrogen and oxygen atoms in total. The zero-order chi connectivity index (χ0) is 15.4. The Labute approximate surface area is 129 Å². The second-order valence-electron chi connectivity index (χ2n) is 4.86. The molecular weight excluding hydrogens is 276 g/mol. The minimum Gasteiger partial charge on any atom is -0.457 e. The topological polar surface area (TPSA) is 66.0 Å². The zero-order valence-electron chi connectivity index (χ0n) is 12.4. The summed E-state index contributed by atoms with van der Waals surface area (Å²) >= 11 is 0. The number of hydrogen-bond acceptors (Lipinski definition) is 4. The molecule has 0 spiro atoms. The molecule has 0 aliphatic rings. The Morgan fingerprint density at radius 2 is 1.68 bits per heavy atom. The Bertz CT molecular complexity index is 735. The van der Waals surface area contributed by atoms with E-state index in [0.717, 1.165) is 35.0 Å². The zero-order valence-corrected chi connectivity index (χ0v) is 12.4. The molecule has 3 rings (SSSR count). The summed E-state index contributed by atoms with van der Waals surface area (Å²) in [6.07, 6.45) is 0.835. The van der Waals surface area contributed by atoms with Crippen LogP contribution in [0.4, 0.5) is 0 Å². The van der Waals surface area contributed by atoms with E-state index in [0.29, 0.717) is 6.54 Å². The predicted octanol–water partition coefficient (Wildman–Crippen LogP) is 3.08. The molecule has 1 heterocycles. The number of nitrogens with two attached hydrogens (primary N) is 1. The minimum atomic E-state index is 0.401. The third kappa shape index (κ3) is 2.84. The van der Waals surface area contributed by atoms with Crippen molar-refractivity contribution in [3.63, 3.8) is 0 Å². The summed E-state index contributed by atoms with van der Waals surface area (Å²) in [4.78, 5) is 0. The molecule has 1 aromatic heterocycles. The number of rotatable bonds is 5. The van der Waals surface area contributed by atoms with Gasteiger partial charge in [0.2, 0.25) is 0 Å². The van der Waals surface area contributed by atoms with Gasteiger partial charge in [0, 0.05) is 6.54 Å². The number of hydrogen-bond donors (Lipinski definition) is 1. The summed E-state index contributed by atoms with van der Waals surface area (Å²) in [6, 6.07) is 17.5. The average Bonchev–Trinajstić information content (AvgIpc) is 2.99. The lowest BCUT2D eigenvalue weighted by atomic mass is 10.2. The number of nitrogens with zero attached hydrogens (tertiary/aromatic N) is 3. The SMILES string of the molecule is CCc1c(CN)nnn1-c1ccc(Oc2ccccc2)cc1. The maximum Gasteiger partial charge on any atom is 0.127 e. The van der Waals surface area contributed by atoms with Gasteiger partial charge in [0.25, 0.3) is 0 Å². The molecule has 112 valence electrons. The van der Waals surface area contributed by atoms with Crippen LogP contribution in [0, 0.1) is 0 Å². The molecule has 3 aromatic rings. The standard InChI is InChI=1S/C17H18N4O/c1-2-17-16(12-18)19-20-21(17)13-8-10-15(11-9-13)22-14-6-4-3-5-7-14/h3-11H,2,12,18H2,1H3. The van der Waals surface area contributed by atoms with E-state index in [4.69, 9.17) is 10.5 Å². The van der Waals surface area contributed by atoms with Crippen LogP contribution in [-0.2, 0) is 13.0 Å². The second-order valence-corrected chi connectivity index (χ2v) is 4.86. The Balaban J connectivity index is 1.84. The Kier molecular flexibility index (Phi) is 4.16. The van der Waals surface area contributed by atoms with Gasteiger partial charge in [0.1, 0.15) is 11.5 Å². The smallest absolute Gasteiger partial charge is 0.127 e. The summed E-state index contributed by atoms with van der Waals surface area (Å²) < 4.78 is 7.61. The fourth-order valence-electron chi connectivity index (χ4n) is 2.33. The fourth-order valence-corrected chi connectivity index (χ4v) is 2.33. The first-order chi connectivity index (χ1) is 10.8. The van der Waals surface area contributed by atoms with E-state index in [-0.39, 0.29) is 0 Å². The number of aromatic nitrogens is 3. The van der Waals surface area contributed by atoms with Gasteiger partial charge < -0.3 is 10.5 Å². The van der Waals surface area contributed by atoms with Gasteiger partial charge >= 0.3 is 0 Å². The highest BCUT2D eigenvalue weighted by Crippen LogP contribution is 2.23. The molecule has 0 aliphatic carbocycles. The molecule has 22 heavy (non-hydrogen) atoms. The molecule has 0 saturated heterocycles. The van der Waals surface area contributed by atoms with Crippen molar-refractivity contribution in [2.75, 3.05) is 0 Å². The molecule has 2 aromatic carbocycles. The van der Waals surface area contributed by atoms with Crippen LogP contribution in [0.3, 0.4) is 0 Å². The lowest BCUT2D eigenvalue weighted by molar-refractivity contribution is 0.482. The Hall–Kier alpha value is -2.66. The first kappa shape index (κ1) is 14.3. The molecule has 5 heteroatoms. The normalized spacial score (nSPS) is 10.6. The monoisotopic (exact) mass is 294 g/mol. The van der Waals surface area contributed by atoms with E-state index in [9.17, 15) is 0 Å². The van der Waals surface area contributed by atoms with Crippen molar-refractivity contribution in [1.29, 1.82) is 0 Å². The van der Waals surface area contributed by atoms with Gasteiger partial charge in [-0.1, -0.05) is 30.3 Å². The first-order valence-corrected chi connectivity index (χ1v) is 7.28. The molecule has 0 amide bonds. The fraction of sp³-hybridized carbons (Fsp3) is 0.176. The molecule has 0 atom stereocenters. The highest BCUT2D eigenvalue weighted by atomic mass is 16.5. The van der Waals surface area contributed by atoms with Crippen molar-refractivity contribution in [1.82, 2.24) is 15.0 Å². The lowest BCUT2D eigenvalue weighted by Gasteiger charge is -2.08. The minimum absolute atomic E-state index is 0.401. The maximum atomic E-state index is 5.79. The quantitative estimate of drug-likeness (QED) is 0.785. The summed E-state index contributed by atoms with van der Waals surface area (Å²) in [5.41, 5.74) is 8.52. The van der Waals surface area contributed by atoms with E-state index in [1.54, 1.807) is 0 Å². The average molecular weight is 294 g/mol. The van der Waals surface area contributed by atoms with Crippen LogP contribution in [0.2, 0.25) is 0 Å². The predicted molar refractivity (Wildman–Crippen MR) is 85.1 cm³/mol. The summed E-state index contributed by atoms with van der Waals surface area (Å²) in [5.74, 6) is 1.60. The van der Waals surface area contributed by atoms with Gasteiger partial charge in [-0.15, -0.1) is 5.10 Å². The number of ether oxygens (including phenoxy) is 1. The van der Waals surface area contributed by atoms with Gasteiger partial charge in [-0.2, -0.15) is 0 Å². The summed E-state index contributed by atoms with van der Waals surface area (Å²) in [6.45, 7) is 2.47. The third-order valence-electron chi connectivity index (χ3n) is 3.43. The van der Waals surface area contributed by atoms with Gasteiger partial charge in [0.05, 0.1) is 17.1 Å². The van der Waals surface area contributed by atoms with Gasteiger partial charge in [-0.25, -0.2) is 4.68 Å². The molecular formula is C17H18N4O. The summed E-state index contributed by atoms with van der Waals surface area (Å²) in [7, 11) is 0. The Morgan fingerprint density at radius 1 is 1.00 bits per heavy atom. The van der Waals surface area contributed by atoms with Crippen LogP contribution in [0.15, 0.2) is 54.6 Å². The molecule has 0 saturated carbocycles. The summed E-state index contributed by atoms with van der Waals surface area (Å²) in [5, 5.41) is 8.32. The van der Waals surface area contributed by atoms with Crippen LogP contribution < -0.4 is 10.5 Å². The molecule has 0 radical (unpaired) electrons. The van der Waals surface area contributed by atoms with E-state index in [2.05, 4.69) is 17.2 Å². The van der Waals surface area contributed by atoms with Crippen LogP contribution in [0.5, 0.6) is 11.5 Å². The maximum absolute atomic E-state index is 5.79. The highest BCUT2D eigenvalue weighted by Gasteiger charge is 2.11. The second kappa shape index (κ2) is 6.41. The van der Waals surface area contributed by atoms with Gasteiger partial charge in [0.15, 0.2) is 0 Å². The Morgan fingerprint density at radius 3 is 2.32 bits per heavy atom. The third-order valence-corrected chi connectivity index (χ3v) is 3.43. The van der Waals surface area contributed by atoms with E-state index < -0.39 is 0 Å².